The molecule has 0 aromatic heterocycles. The molecule has 19 heavy (non-hydrogen) atoms. The highest BCUT2D eigenvalue weighted by Crippen LogP contribution is 2.18. The molecule has 0 atom stereocenters. The third kappa shape index (κ3) is 3.19. The molecule has 2 aromatic rings. The predicted molar refractivity (Wildman–Crippen MR) is 73.6 cm³/mol. The third-order valence-corrected chi connectivity index (χ3v) is 2.58. The summed E-state index contributed by atoms with van der Waals surface area (Å²) in [6, 6.07) is 14.0. The minimum Gasteiger partial charge on any atom is -0.496 e. The first-order valence-electron chi connectivity index (χ1n) is 5.71. The van der Waals surface area contributed by atoms with Gasteiger partial charge in [-0.15, -0.1) is 0 Å². The zero-order valence-corrected chi connectivity index (χ0v) is 10.4. The number of methoxy groups -OCH3 is 1. The lowest BCUT2D eigenvalue weighted by atomic mass is 10.2. The van der Waals surface area contributed by atoms with Gasteiger partial charge in [0.1, 0.15) is 5.75 Å². The van der Waals surface area contributed by atoms with Gasteiger partial charge in [-0.1, -0.05) is 18.2 Å². The average Bonchev–Trinajstić information content (AvgIpc) is 2.45. The molecule has 0 fully saturated rings. The van der Waals surface area contributed by atoms with Crippen LogP contribution in [0.4, 0.5) is 5.69 Å². The van der Waals surface area contributed by atoms with E-state index >= 15 is 0 Å². The number of ether oxygens (including phenoxy) is 1. The van der Waals surface area contributed by atoms with E-state index in [1.54, 1.807) is 25.5 Å². The highest BCUT2D eigenvalue weighted by atomic mass is 16.5. The smallest absolute Gasteiger partial charge is 0.335 e. The minimum atomic E-state index is -0.964. The van der Waals surface area contributed by atoms with Gasteiger partial charge in [-0.05, 0) is 30.3 Å². The molecule has 0 aliphatic heterocycles. The van der Waals surface area contributed by atoms with E-state index in [0.29, 0.717) is 5.69 Å². The maximum atomic E-state index is 10.9. The van der Waals surface area contributed by atoms with Gasteiger partial charge in [-0.25, -0.2) is 4.79 Å². The standard InChI is InChI=1S/C15H13NO3/c1-19-14-8-3-2-5-12(14)10-16-13-7-4-6-11(9-13)15(17)18/h2-10H,1H3,(H,17,18). The molecule has 0 spiro atoms. The highest BCUT2D eigenvalue weighted by Gasteiger charge is 2.02. The SMILES string of the molecule is COc1ccccc1C=Nc1cccc(C(=O)O)c1. The zero-order valence-electron chi connectivity index (χ0n) is 10.4. The predicted octanol–water partition coefficient (Wildman–Crippen LogP) is 3.14. The number of hydrogen-bond donors (Lipinski definition) is 1. The number of aromatic carboxylic acids is 1. The van der Waals surface area contributed by atoms with Crippen molar-refractivity contribution in [1.82, 2.24) is 0 Å². The number of benzene rings is 2. The molecule has 2 aromatic carbocycles. The maximum Gasteiger partial charge on any atom is 0.335 e. The van der Waals surface area contributed by atoms with Crippen molar-refractivity contribution in [2.45, 2.75) is 0 Å². The number of carbonyl (C=O) groups is 1. The first-order chi connectivity index (χ1) is 9.20. The van der Waals surface area contributed by atoms with Crippen molar-refractivity contribution in [3.05, 3.63) is 59.7 Å². The van der Waals surface area contributed by atoms with Crippen molar-refractivity contribution in [3.63, 3.8) is 0 Å². The summed E-state index contributed by atoms with van der Waals surface area (Å²) in [7, 11) is 1.59. The molecule has 0 heterocycles. The zero-order chi connectivity index (χ0) is 13.7. The molecular weight excluding hydrogens is 242 g/mol. The number of rotatable bonds is 4. The Bertz CT molecular complexity index is 620. The van der Waals surface area contributed by atoms with E-state index in [4.69, 9.17) is 9.84 Å². The largest absolute Gasteiger partial charge is 0.496 e. The summed E-state index contributed by atoms with van der Waals surface area (Å²) in [5, 5.41) is 8.90. The fourth-order valence-electron chi connectivity index (χ4n) is 1.64. The summed E-state index contributed by atoms with van der Waals surface area (Å²) >= 11 is 0. The molecule has 0 bridgehead atoms. The number of carboxylic acids is 1. The molecule has 0 amide bonds. The summed E-state index contributed by atoms with van der Waals surface area (Å²) in [6.07, 6.45) is 1.65. The van der Waals surface area contributed by atoms with Crippen LogP contribution in [-0.2, 0) is 0 Å². The van der Waals surface area contributed by atoms with Crippen LogP contribution in [0.5, 0.6) is 5.75 Å². The van der Waals surface area contributed by atoms with E-state index < -0.39 is 5.97 Å². The molecule has 0 radical (unpaired) electrons. The van der Waals surface area contributed by atoms with E-state index in [2.05, 4.69) is 4.99 Å². The fourth-order valence-corrected chi connectivity index (χ4v) is 1.64. The average molecular weight is 255 g/mol. The van der Waals surface area contributed by atoms with E-state index in [1.807, 2.05) is 24.3 Å². The Morgan fingerprint density at radius 3 is 2.74 bits per heavy atom. The second-order valence-electron chi connectivity index (χ2n) is 3.86. The number of para-hydroxylation sites is 1. The van der Waals surface area contributed by atoms with Crippen LogP contribution in [0.2, 0.25) is 0 Å². The third-order valence-electron chi connectivity index (χ3n) is 2.58. The molecule has 4 heteroatoms. The van der Waals surface area contributed by atoms with Crippen LogP contribution in [0.1, 0.15) is 15.9 Å². The van der Waals surface area contributed by atoms with Crippen molar-refractivity contribution in [2.75, 3.05) is 7.11 Å². The molecule has 4 nitrogen and oxygen atoms in total. The van der Waals surface area contributed by atoms with Gasteiger partial charge in [0.05, 0.1) is 18.4 Å². The summed E-state index contributed by atoms with van der Waals surface area (Å²) in [6.45, 7) is 0. The van der Waals surface area contributed by atoms with Gasteiger partial charge in [-0.2, -0.15) is 0 Å². The minimum absolute atomic E-state index is 0.217. The van der Waals surface area contributed by atoms with Gasteiger partial charge in [0.25, 0.3) is 0 Å². The number of nitrogens with zero attached hydrogens (tertiary/aromatic N) is 1. The Hall–Kier alpha value is -2.62. The van der Waals surface area contributed by atoms with Crippen LogP contribution >= 0.6 is 0 Å². The topological polar surface area (TPSA) is 58.9 Å². The number of aliphatic imine (C=N–C) groups is 1. The normalized spacial score (nSPS) is 10.6. The lowest BCUT2D eigenvalue weighted by Gasteiger charge is -2.03. The summed E-state index contributed by atoms with van der Waals surface area (Å²) in [5.74, 6) is -0.241. The summed E-state index contributed by atoms with van der Waals surface area (Å²) in [4.78, 5) is 15.1. The van der Waals surface area contributed by atoms with E-state index in [0.717, 1.165) is 11.3 Å². The maximum absolute atomic E-state index is 10.9. The van der Waals surface area contributed by atoms with Crippen LogP contribution in [-0.4, -0.2) is 24.4 Å². The Morgan fingerprint density at radius 1 is 1.21 bits per heavy atom. The molecule has 96 valence electrons. The summed E-state index contributed by atoms with van der Waals surface area (Å²) in [5.41, 5.74) is 1.64. The number of carboxylic acid groups (broad SMARTS) is 1. The fraction of sp³-hybridized carbons (Fsp3) is 0.0667. The van der Waals surface area contributed by atoms with Crippen molar-refractivity contribution in [2.24, 2.45) is 4.99 Å². The molecular formula is C15H13NO3. The van der Waals surface area contributed by atoms with Crippen molar-refractivity contribution < 1.29 is 14.6 Å². The van der Waals surface area contributed by atoms with Gasteiger partial charge in [0.15, 0.2) is 0 Å². The quantitative estimate of drug-likeness (QED) is 0.854. The first-order valence-corrected chi connectivity index (χ1v) is 5.71. The lowest BCUT2D eigenvalue weighted by molar-refractivity contribution is 0.0697. The van der Waals surface area contributed by atoms with Crippen molar-refractivity contribution in [1.29, 1.82) is 0 Å². The van der Waals surface area contributed by atoms with Crippen LogP contribution in [0, 0.1) is 0 Å². The molecule has 0 aliphatic carbocycles. The number of hydrogen-bond acceptors (Lipinski definition) is 3. The van der Waals surface area contributed by atoms with Gasteiger partial charge >= 0.3 is 5.97 Å². The van der Waals surface area contributed by atoms with E-state index in [-0.39, 0.29) is 5.56 Å². The van der Waals surface area contributed by atoms with Crippen molar-refractivity contribution >= 4 is 17.9 Å². The first kappa shape index (κ1) is 12.8. The van der Waals surface area contributed by atoms with Crippen LogP contribution < -0.4 is 4.74 Å². The van der Waals surface area contributed by atoms with Crippen molar-refractivity contribution in [3.8, 4) is 5.75 Å². The molecule has 0 aliphatic rings. The Morgan fingerprint density at radius 2 is 2.00 bits per heavy atom. The monoisotopic (exact) mass is 255 g/mol. The lowest BCUT2D eigenvalue weighted by Crippen LogP contribution is -1.94. The van der Waals surface area contributed by atoms with Crippen LogP contribution in [0.3, 0.4) is 0 Å². The van der Waals surface area contributed by atoms with Gasteiger partial charge < -0.3 is 9.84 Å². The Labute approximate surface area is 111 Å². The molecule has 0 saturated carbocycles. The second kappa shape index (κ2) is 5.82. The molecule has 0 unspecified atom stereocenters. The summed E-state index contributed by atoms with van der Waals surface area (Å²) < 4.78 is 5.21. The second-order valence-corrected chi connectivity index (χ2v) is 3.86. The molecule has 2 rings (SSSR count). The molecule has 1 N–H and O–H groups in total. The Balaban J connectivity index is 2.27. The highest BCUT2D eigenvalue weighted by molar-refractivity contribution is 5.89. The van der Waals surface area contributed by atoms with Gasteiger partial charge in [-0.3, -0.25) is 4.99 Å². The molecule has 0 saturated heterocycles. The van der Waals surface area contributed by atoms with Crippen LogP contribution in [0.25, 0.3) is 0 Å². The Kier molecular flexibility index (Phi) is 3.93. The van der Waals surface area contributed by atoms with Gasteiger partial charge in [0, 0.05) is 11.8 Å². The van der Waals surface area contributed by atoms with Crippen LogP contribution in [0.15, 0.2) is 53.5 Å². The van der Waals surface area contributed by atoms with E-state index in [9.17, 15) is 4.79 Å². The van der Waals surface area contributed by atoms with E-state index in [1.165, 1.54) is 12.1 Å². The van der Waals surface area contributed by atoms with Gasteiger partial charge in [0.2, 0.25) is 0 Å².